The van der Waals surface area contributed by atoms with Crippen LogP contribution in [0.3, 0.4) is 0 Å². The van der Waals surface area contributed by atoms with Gasteiger partial charge in [-0.3, -0.25) is 0 Å². The SMILES string of the molecule is c1ccc(-c2ccccc2N(c2ccc3c(c2)C2(c4ccccc4Oc4c2ccc2ccccc42)c2ccccc2-3)c2cccc3c2oc2ccccc23)cc1. The van der Waals surface area contributed by atoms with Gasteiger partial charge in [-0.1, -0.05) is 164 Å². The van der Waals surface area contributed by atoms with Crippen molar-refractivity contribution in [3.8, 4) is 33.8 Å². The Bertz CT molecular complexity index is 3200. The van der Waals surface area contributed by atoms with Gasteiger partial charge in [0.25, 0.3) is 0 Å². The van der Waals surface area contributed by atoms with Gasteiger partial charge < -0.3 is 14.1 Å². The van der Waals surface area contributed by atoms with Crippen LogP contribution in [0, 0.1) is 0 Å². The highest BCUT2D eigenvalue weighted by Gasteiger charge is 2.51. The quantitative estimate of drug-likeness (QED) is 0.181. The number of hydrogen-bond donors (Lipinski definition) is 0. The predicted molar refractivity (Wildman–Crippen MR) is 229 cm³/mol. The van der Waals surface area contributed by atoms with E-state index in [1.54, 1.807) is 0 Å². The molecule has 1 spiro atoms. The Labute approximate surface area is 324 Å². The fraction of sp³-hybridized carbons (Fsp3) is 0.0189. The number of rotatable bonds is 4. The zero-order chi connectivity index (χ0) is 36.8. The number of benzene rings is 9. The van der Waals surface area contributed by atoms with Crippen molar-refractivity contribution in [2.75, 3.05) is 4.90 Å². The van der Waals surface area contributed by atoms with Gasteiger partial charge in [-0.2, -0.15) is 0 Å². The maximum absolute atomic E-state index is 6.94. The van der Waals surface area contributed by atoms with Crippen LogP contribution in [0.5, 0.6) is 11.5 Å². The van der Waals surface area contributed by atoms with Crippen LogP contribution in [-0.2, 0) is 5.41 Å². The van der Waals surface area contributed by atoms with Gasteiger partial charge in [0.2, 0.25) is 0 Å². The number of fused-ring (bicyclic) bond motifs is 14. The molecule has 10 aromatic rings. The minimum Gasteiger partial charge on any atom is -0.456 e. The Hall–Kier alpha value is -7.36. The molecule has 56 heavy (non-hydrogen) atoms. The third-order valence-corrected chi connectivity index (χ3v) is 11.9. The van der Waals surface area contributed by atoms with E-state index in [4.69, 9.17) is 9.15 Å². The average molecular weight is 716 g/mol. The van der Waals surface area contributed by atoms with Crippen LogP contribution < -0.4 is 9.64 Å². The lowest BCUT2D eigenvalue weighted by Crippen LogP contribution is -2.32. The van der Waals surface area contributed by atoms with E-state index in [-0.39, 0.29) is 0 Å². The highest BCUT2D eigenvalue weighted by molar-refractivity contribution is 6.11. The topological polar surface area (TPSA) is 25.6 Å². The van der Waals surface area contributed by atoms with Crippen molar-refractivity contribution in [3.63, 3.8) is 0 Å². The number of nitrogens with zero attached hydrogens (tertiary/aromatic N) is 1. The van der Waals surface area contributed by atoms with Crippen LogP contribution in [0.15, 0.2) is 205 Å². The van der Waals surface area contributed by atoms with Crippen LogP contribution in [0.1, 0.15) is 22.3 Å². The molecule has 0 N–H and O–H groups in total. The zero-order valence-corrected chi connectivity index (χ0v) is 30.3. The number of ether oxygens (including phenoxy) is 1. The molecular weight excluding hydrogens is 683 g/mol. The van der Waals surface area contributed by atoms with Crippen LogP contribution in [-0.4, -0.2) is 0 Å². The number of para-hydroxylation sites is 4. The molecule has 3 heteroatoms. The van der Waals surface area contributed by atoms with Crippen molar-refractivity contribution < 1.29 is 9.15 Å². The molecule has 1 unspecified atom stereocenters. The summed E-state index contributed by atoms with van der Waals surface area (Å²) in [6, 6.07) is 71.9. The van der Waals surface area contributed by atoms with Crippen molar-refractivity contribution in [2.45, 2.75) is 5.41 Å². The van der Waals surface area contributed by atoms with Crippen LogP contribution >= 0.6 is 0 Å². The van der Waals surface area contributed by atoms with Gasteiger partial charge in [0.15, 0.2) is 5.58 Å². The summed E-state index contributed by atoms with van der Waals surface area (Å²) in [6.45, 7) is 0. The van der Waals surface area contributed by atoms with Gasteiger partial charge >= 0.3 is 0 Å². The van der Waals surface area contributed by atoms with E-state index in [1.165, 1.54) is 22.3 Å². The summed E-state index contributed by atoms with van der Waals surface area (Å²) in [5.74, 6) is 1.79. The molecule has 1 aromatic heterocycles. The summed E-state index contributed by atoms with van der Waals surface area (Å²) in [6.07, 6.45) is 0. The van der Waals surface area contributed by atoms with Crippen molar-refractivity contribution in [1.82, 2.24) is 0 Å². The maximum atomic E-state index is 6.94. The standard InChI is InChI=1S/C53H33NO2/c1-2-15-34(16-3-1)37-18-7-11-25-47(37)54(48-26-14-22-42-41-21-8-12-27-49(41)55-52(42)48)36-30-31-40-39-20-6-9-23-43(39)53(46(40)33-36)44-24-10-13-28-50(44)56-51-38-19-5-4-17-35(38)29-32-45(51)53/h1-33H. The molecule has 2 heterocycles. The van der Waals surface area contributed by atoms with E-state index >= 15 is 0 Å². The normalized spacial score (nSPS) is 15.0. The first-order valence-electron chi connectivity index (χ1n) is 19.2. The van der Waals surface area contributed by atoms with Crippen molar-refractivity contribution in [1.29, 1.82) is 0 Å². The molecular formula is C53H33NO2. The summed E-state index contributed by atoms with van der Waals surface area (Å²) in [4.78, 5) is 2.40. The second-order valence-corrected chi connectivity index (χ2v) is 14.8. The summed E-state index contributed by atoms with van der Waals surface area (Å²) >= 11 is 0. The van der Waals surface area contributed by atoms with E-state index in [9.17, 15) is 0 Å². The third-order valence-electron chi connectivity index (χ3n) is 11.9. The number of furan rings is 1. The molecule has 1 atom stereocenters. The Kier molecular flexibility index (Phi) is 6.55. The van der Waals surface area contributed by atoms with E-state index in [0.717, 1.165) is 83.5 Å². The van der Waals surface area contributed by atoms with Gasteiger partial charge in [-0.25, -0.2) is 0 Å². The summed E-state index contributed by atoms with van der Waals surface area (Å²) in [7, 11) is 0. The lowest BCUT2D eigenvalue weighted by molar-refractivity contribution is 0.441. The molecule has 262 valence electrons. The van der Waals surface area contributed by atoms with E-state index in [2.05, 4.69) is 199 Å². The Morgan fingerprint density at radius 3 is 2.00 bits per heavy atom. The summed E-state index contributed by atoms with van der Waals surface area (Å²) < 4.78 is 13.7. The second kappa shape index (κ2) is 11.8. The highest BCUT2D eigenvalue weighted by Crippen LogP contribution is 2.63. The Balaban J connectivity index is 1.19. The minimum atomic E-state index is -0.633. The van der Waals surface area contributed by atoms with Gasteiger partial charge in [-0.15, -0.1) is 0 Å². The fourth-order valence-corrected chi connectivity index (χ4v) is 9.60. The molecule has 1 aliphatic heterocycles. The highest BCUT2D eigenvalue weighted by atomic mass is 16.5. The molecule has 3 nitrogen and oxygen atoms in total. The van der Waals surface area contributed by atoms with E-state index in [1.807, 2.05) is 6.07 Å². The smallest absolute Gasteiger partial charge is 0.159 e. The fourth-order valence-electron chi connectivity index (χ4n) is 9.60. The molecule has 0 bridgehead atoms. The molecule has 12 rings (SSSR count). The van der Waals surface area contributed by atoms with Crippen LogP contribution in [0.25, 0.3) is 55.0 Å². The van der Waals surface area contributed by atoms with Crippen molar-refractivity contribution >= 4 is 49.8 Å². The van der Waals surface area contributed by atoms with Crippen molar-refractivity contribution in [3.05, 3.63) is 222 Å². The average Bonchev–Trinajstić information content (AvgIpc) is 3.79. The Morgan fingerprint density at radius 2 is 1.09 bits per heavy atom. The molecule has 0 saturated carbocycles. The molecule has 0 fully saturated rings. The van der Waals surface area contributed by atoms with Gasteiger partial charge in [0.05, 0.1) is 16.8 Å². The maximum Gasteiger partial charge on any atom is 0.159 e. The van der Waals surface area contributed by atoms with Crippen molar-refractivity contribution in [2.24, 2.45) is 0 Å². The molecule has 0 saturated heterocycles. The molecule has 2 aliphatic rings. The predicted octanol–water partition coefficient (Wildman–Crippen LogP) is 14.3. The summed E-state index contributed by atoms with van der Waals surface area (Å²) in [5, 5.41) is 4.45. The monoisotopic (exact) mass is 715 g/mol. The van der Waals surface area contributed by atoms with E-state index < -0.39 is 5.41 Å². The van der Waals surface area contributed by atoms with Crippen LogP contribution in [0.4, 0.5) is 17.1 Å². The first kappa shape index (κ1) is 31.0. The first-order valence-corrected chi connectivity index (χ1v) is 19.2. The first-order chi connectivity index (χ1) is 27.8. The molecule has 1 aliphatic carbocycles. The molecule has 0 radical (unpaired) electrons. The minimum absolute atomic E-state index is 0.633. The van der Waals surface area contributed by atoms with Gasteiger partial charge in [-0.05, 0) is 69.6 Å². The lowest BCUT2D eigenvalue weighted by atomic mass is 9.65. The number of hydrogen-bond acceptors (Lipinski definition) is 3. The van der Waals surface area contributed by atoms with Gasteiger partial charge in [0, 0.05) is 38.5 Å². The lowest BCUT2D eigenvalue weighted by Gasteiger charge is -2.40. The summed E-state index contributed by atoms with van der Waals surface area (Å²) in [5.41, 5.74) is 13.7. The molecule has 0 amide bonds. The van der Waals surface area contributed by atoms with Crippen LogP contribution in [0.2, 0.25) is 0 Å². The Morgan fingerprint density at radius 1 is 0.411 bits per heavy atom. The van der Waals surface area contributed by atoms with E-state index in [0.29, 0.717) is 0 Å². The van der Waals surface area contributed by atoms with Gasteiger partial charge in [0.1, 0.15) is 17.1 Å². The number of anilines is 3. The zero-order valence-electron chi connectivity index (χ0n) is 30.3. The largest absolute Gasteiger partial charge is 0.456 e. The second-order valence-electron chi connectivity index (χ2n) is 14.8. The third kappa shape index (κ3) is 4.22. The molecule has 9 aromatic carbocycles.